The topological polar surface area (TPSA) is 25.2 Å². The predicted molar refractivity (Wildman–Crippen MR) is 84.0 cm³/mol. The first kappa shape index (κ1) is 12.7. The quantitative estimate of drug-likeness (QED) is 0.778. The minimum atomic E-state index is 0.229. The minimum absolute atomic E-state index is 0.229. The number of hydrogen-bond acceptors (Lipinski definition) is 3. The Morgan fingerprint density at radius 1 is 1.16 bits per heavy atom. The molecule has 0 saturated carbocycles. The fourth-order valence-corrected chi connectivity index (χ4v) is 3.65. The van der Waals surface area contributed by atoms with E-state index in [1.54, 1.807) is 0 Å². The van der Waals surface area contributed by atoms with Crippen molar-refractivity contribution in [3.05, 3.63) is 42.1 Å². The molecular formula is C16H18N2S. The van der Waals surface area contributed by atoms with E-state index in [-0.39, 0.29) is 5.41 Å². The molecule has 1 unspecified atom stereocenters. The predicted octanol–water partition coefficient (Wildman–Crippen LogP) is 4.14. The fraction of sp³-hybridized carbons (Fsp3) is 0.375. The molecule has 2 aromatic rings. The molecule has 0 N–H and O–H groups in total. The number of rotatable bonds is 1. The van der Waals surface area contributed by atoms with Crippen LogP contribution in [0.1, 0.15) is 26.3 Å². The van der Waals surface area contributed by atoms with E-state index in [1.165, 1.54) is 10.9 Å². The van der Waals surface area contributed by atoms with Crippen LogP contribution in [0, 0.1) is 5.41 Å². The number of aliphatic imine (C=N–C) groups is 1. The van der Waals surface area contributed by atoms with Crippen molar-refractivity contribution in [2.24, 2.45) is 10.4 Å². The number of benzene rings is 1. The fourth-order valence-electron chi connectivity index (χ4n) is 2.24. The van der Waals surface area contributed by atoms with Crippen LogP contribution >= 0.6 is 11.8 Å². The standard InChI is InChI=1S/C16H18N2S/c1-16(2,3)13-10-19-15(18-13)12-8-4-6-11-7-5-9-17-14(11)12/h4-9,13H,10H2,1-3H3. The van der Waals surface area contributed by atoms with Crippen LogP contribution in [0.4, 0.5) is 0 Å². The van der Waals surface area contributed by atoms with Crippen LogP contribution in [0.3, 0.4) is 0 Å². The highest BCUT2D eigenvalue weighted by Gasteiger charge is 2.30. The first-order valence-electron chi connectivity index (χ1n) is 6.60. The number of fused-ring (bicyclic) bond motifs is 1. The van der Waals surface area contributed by atoms with Crippen molar-refractivity contribution in [3.8, 4) is 0 Å². The van der Waals surface area contributed by atoms with E-state index in [9.17, 15) is 0 Å². The van der Waals surface area contributed by atoms with Crippen molar-refractivity contribution in [3.63, 3.8) is 0 Å². The van der Waals surface area contributed by atoms with E-state index in [4.69, 9.17) is 4.99 Å². The smallest absolute Gasteiger partial charge is 0.100 e. The normalized spacial score (nSPS) is 19.7. The lowest BCUT2D eigenvalue weighted by Gasteiger charge is -2.23. The maximum absolute atomic E-state index is 4.92. The Morgan fingerprint density at radius 2 is 1.95 bits per heavy atom. The zero-order chi connectivity index (χ0) is 13.5. The molecule has 1 aromatic carbocycles. The van der Waals surface area contributed by atoms with Crippen LogP contribution in [0.5, 0.6) is 0 Å². The van der Waals surface area contributed by atoms with Gasteiger partial charge in [-0.3, -0.25) is 9.98 Å². The van der Waals surface area contributed by atoms with Crippen molar-refractivity contribution in [1.82, 2.24) is 4.98 Å². The number of nitrogens with zero attached hydrogens (tertiary/aromatic N) is 2. The van der Waals surface area contributed by atoms with Crippen LogP contribution < -0.4 is 0 Å². The maximum Gasteiger partial charge on any atom is 0.100 e. The van der Waals surface area contributed by atoms with Crippen molar-refractivity contribution in [2.45, 2.75) is 26.8 Å². The van der Waals surface area contributed by atoms with Gasteiger partial charge in [-0.05, 0) is 11.5 Å². The summed E-state index contributed by atoms with van der Waals surface area (Å²) >= 11 is 1.86. The molecule has 1 aliphatic rings. The SMILES string of the molecule is CC(C)(C)C1CSC(c2cccc3cccnc23)=N1. The molecule has 0 spiro atoms. The summed E-state index contributed by atoms with van der Waals surface area (Å²) < 4.78 is 0. The molecule has 0 saturated heterocycles. The number of hydrogen-bond donors (Lipinski definition) is 0. The van der Waals surface area contributed by atoms with Crippen molar-refractivity contribution in [1.29, 1.82) is 0 Å². The van der Waals surface area contributed by atoms with Gasteiger partial charge in [-0.15, -0.1) is 11.8 Å². The third-order valence-electron chi connectivity index (χ3n) is 3.51. The van der Waals surface area contributed by atoms with Crippen LogP contribution in [-0.2, 0) is 0 Å². The third-order valence-corrected chi connectivity index (χ3v) is 4.59. The molecule has 0 aliphatic carbocycles. The molecule has 0 amide bonds. The van der Waals surface area contributed by atoms with Gasteiger partial charge in [0.1, 0.15) is 5.04 Å². The van der Waals surface area contributed by atoms with Crippen LogP contribution in [-0.4, -0.2) is 21.8 Å². The highest BCUT2D eigenvalue weighted by molar-refractivity contribution is 8.14. The van der Waals surface area contributed by atoms with Crippen LogP contribution in [0.15, 0.2) is 41.5 Å². The van der Waals surface area contributed by atoms with Crippen molar-refractivity contribution < 1.29 is 0 Å². The van der Waals surface area contributed by atoms with E-state index in [2.05, 4.69) is 50.0 Å². The Balaban J connectivity index is 2.07. The van der Waals surface area contributed by atoms with Gasteiger partial charge in [-0.25, -0.2) is 0 Å². The molecule has 19 heavy (non-hydrogen) atoms. The summed E-state index contributed by atoms with van der Waals surface area (Å²) in [5, 5.41) is 2.33. The maximum atomic E-state index is 4.92. The van der Waals surface area contributed by atoms with Gasteiger partial charge < -0.3 is 0 Å². The molecular weight excluding hydrogens is 252 g/mol. The second-order valence-electron chi connectivity index (χ2n) is 6.01. The first-order valence-corrected chi connectivity index (χ1v) is 7.59. The van der Waals surface area contributed by atoms with Crippen molar-refractivity contribution in [2.75, 3.05) is 5.75 Å². The Kier molecular flexibility index (Phi) is 3.09. The van der Waals surface area contributed by atoms with Gasteiger partial charge in [-0.1, -0.05) is 45.0 Å². The van der Waals surface area contributed by atoms with Gasteiger partial charge in [0.15, 0.2) is 0 Å². The zero-order valence-electron chi connectivity index (χ0n) is 11.6. The van der Waals surface area contributed by atoms with E-state index in [1.807, 2.05) is 24.0 Å². The molecule has 0 radical (unpaired) electrons. The average molecular weight is 270 g/mol. The lowest BCUT2D eigenvalue weighted by Crippen LogP contribution is -2.24. The first-order chi connectivity index (χ1) is 9.05. The largest absolute Gasteiger partial charge is 0.273 e. The summed E-state index contributed by atoms with van der Waals surface area (Å²) in [5.41, 5.74) is 2.47. The van der Waals surface area contributed by atoms with E-state index in [0.29, 0.717) is 6.04 Å². The van der Waals surface area contributed by atoms with Gasteiger partial charge in [0.05, 0.1) is 11.6 Å². The summed E-state index contributed by atoms with van der Waals surface area (Å²) in [6.07, 6.45) is 1.85. The van der Waals surface area contributed by atoms with Gasteiger partial charge in [0.25, 0.3) is 0 Å². The van der Waals surface area contributed by atoms with Crippen LogP contribution in [0.2, 0.25) is 0 Å². The summed E-state index contributed by atoms with van der Waals surface area (Å²) in [7, 11) is 0. The van der Waals surface area contributed by atoms with E-state index < -0.39 is 0 Å². The summed E-state index contributed by atoms with van der Waals surface area (Å²) in [6.45, 7) is 6.77. The molecule has 0 fully saturated rings. The van der Waals surface area contributed by atoms with Crippen molar-refractivity contribution >= 4 is 27.7 Å². The van der Waals surface area contributed by atoms with Gasteiger partial charge in [-0.2, -0.15) is 0 Å². The zero-order valence-corrected chi connectivity index (χ0v) is 12.4. The van der Waals surface area contributed by atoms with Gasteiger partial charge >= 0.3 is 0 Å². The summed E-state index contributed by atoms with van der Waals surface area (Å²) in [6, 6.07) is 10.8. The molecule has 1 aromatic heterocycles. The molecule has 1 atom stereocenters. The third kappa shape index (κ3) is 2.39. The molecule has 3 heteroatoms. The number of pyridine rings is 1. The van der Waals surface area contributed by atoms with Crippen LogP contribution in [0.25, 0.3) is 10.9 Å². The Bertz CT molecular complexity index is 635. The second-order valence-corrected chi connectivity index (χ2v) is 7.02. The lowest BCUT2D eigenvalue weighted by molar-refractivity contribution is 0.349. The number of thioether (sulfide) groups is 1. The molecule has 2 heterocycles. The Labute approximate surface area is 118 Å². The second kappa shape index (κ2) is 4.64. The highest BCUT2D eigenvalue weighted by atomic mass is 32.2. The minimum Gasteiger partial charge on any atom is -0.273 e. The van der Waals surface area contributed by atoms with Gasteiger partial charge in [0, 0.05) is 22.9 Å². The monoisotopic (exact) mass is 270 g/mol. The molecule has 0 bridgehead atoms. The average Bonchev–Trinajstić information content (AvgIpc) is 2.87. The molecule has 1 aliphatic heterocycles. The number of para-hydroxylation sites is 1. The Morgan fingerprint density at radius 3 is 2.68 bits per heavy atom. The van der Waals surface area contributed by atoms with Gasteiger partial charge in [0.2, 0.25) is 0 Å². The molecule has 3 rings (SSSR count). The molecule has 98 valence electrons. The summed E-state index contributed by atoms with van der Waals surface area (Å²) in [5.74, 6) is 1.07. The highest BCUT2D eigenvalue weighted by Crippen LogP contribution is 2.34. The molecule has 2 nitrogen and oxygen atoms in total. The Hall–Kier alpha value is -1.35. The summed E-state index contributed by atoms with van der Waals surface area (Å²) in [4.78, 5) is 9.44. The number of aromatic nitrogens is 1. The lowest BCUT2D eigenvalue weighted by atomic mass is 9.88. The van der Waals surface area contributed by atoms with E-state index in [0.717, 1.165) is 16.3 Å². The van der Waals surface area contributed by atoms with E-state index >= 15 is 0 Å².